The van der Waals surface area contributed by atoms with Crippen LogP contribution in [0.25, 0.3) is 5.65 Å². The molecule has 0 aliphatic carbocycles. The summed E-state index contributed by atoms with van der Waals surface area (Å²) in [6, 6.07) is 3.20. The van der Waals surface area contributed by atoms with Crippen molar-refractivity contribution in [2.24, 2.45) is 5.92 Å². The maximum atomic E-state index is 12.8. The van der Waals surface area contributed by atoms with Gasteiger partial charge in [-0.2, -0.15) is 17.7 Å². The minimum Gasteiger partial charge on any atom is -0.355 e. The molecule has 114 valence electrons. The zero-order valence-corrected chi connectivity index (χ0v) is 11.4. The molecule has 1 fully saturated rings. The lowest BCUT2D eigenvalue weighted by molar-refractivity contribution is -0.146. The molecule has 0 amide bonds. The molecular weight excluding hydrogens is 285 g/mol. The number of hydrogen-bond acceptors (Lipinski definition) is 5. The first-order chi connectivity index (χ1) is 9.99. The lowest BCUT2D eigenvalue weighted by atomic mass is 10.1. The Morgan fingerprint density at radius 2 is 2.14 bits per heavy atom. The fraction of sp³-hybridized carbons (Fsp3) is 0.583. The summed E-state index contributed by atoms with van der Waals surface area (Å²) in [5.41, 5.74) is 0.0945. The second-order valence-corrected chi connectivity index (χ2v) is 5.14. The summed E-state index contributed by atoms with van der Waals surface area (Å²) >= 11 is 0. The van der Waals surface area contributed by atoms with Gasteiger partial charge in [0.25, 0.3) is 5.82 Å². The molecule has 0 radical (unpaired) electrons. The van der Waals surface area contributed by atoms with Gasteiger partial charge in [-0.1, -0.05) is 0 Å². The Morgan fingerprint density at radius 1 is 1.33 bits per heavy atom. The average molecular weight is 300 g/mol. The topological polar surface area (TPSA) is 58.3 Å². The second-order valence-electron chi connectivity index (χ2n) is 5.14. The summed E-state index contributed by atoms with van der Waals surface area (Å²) < 4.78 is 39.3. The summed E-state index contributed by atoms with van der Waals surface area (Å²) in [7, 11) is 1.89. The first-order valence-corrected chi connectivity index (χ1v) is 6.68. The van der Waals surface area contributed by atoms with Crippen LogP contribution < -0.4 is 10.2 Å². The van der Waals surface area contributed by atoms with Gasteiger partial charge >= 0.3 is 6.18 Å². The highest BCUT2D eigenvalue weighted by Crippen LogP contribution is 2.28. The Balaban J connectivity index is 1.91. The fourth-order valence-corrected chi connectivity index (χ4v) is 2.62. The number of hydrogen-bond donors (Lipinski definition) is 1. The smallest absolute Gasteiger partial charge is 0.355 e. The van der Waals surface area contributed by atoms with Gasteiger partial charge in [0.1, 0.15) is 5.82 Å². The number of aromatic nitrogens is 4. The van der Waals surface area contributed by atoms with Crippen molar-refractivity contribution < 1.29 is 13.2 Å². The van der Waals surface area contributed by atoms with Crippen molar-refractivity contribution >= 4 is 11.5 Å². The van der Waals surface area contributed by atoms with Gasteiger partial charge in [0.2, 0.25) is 0 Å². The van der Waals surface area contributed by atoms with E-state index in [1.54, 1.807) is 6.07 Å². The molecule has 21 heavy (non-hydrogen) atoms. The van der Waals surface area contributed by atoms with Gasteiger partial charge in [0, 0.05) is 13.1 Å². The number of anilines is 1. The van der Waals surface area contributed by atoms with Crippen LogP contribution in [0.5, 0.6) is 0 Å². The third-order valence-electron chi connectivity index (χ3n) is 3.60. The second kappa shape index (κ2) is 5.14. The lowest BCUT2D eigenvalue weighted by Gasteiger charge is -2.17. The van der Waals surface area contributed by atoms with Crippen molar-refractivity contribution in [1.29, 1.82) is 0 Å². The van der Waals surface area contributed by atoms with Gasteiger partial charge in [0.15, 0.2) is 5.65 Å². The molecule has 3 heterocycles. The average Bonchev–Trinajstić information content (AvgIpc) is 3.03. The zero-order chi connectivity index (χ0) is 15.0. The van der Waals surface area contributed by atoms with Crippen molar-refractivity contribution in [2.45, 2.75) is 12.6 Å². The summed E-state index contributed by atoms with van der Waals surface area (Å²) in [5.74, 6) is -0.0905. The highest BCUT2D eigenvalue weighted by Gasteiger charge is 2.38. The predicted octanol–water partition coefficient (Wildman–Crippen LogP) is 1.19. The first kappa shape index (κ1) is 14.1. The number of fused-ring (bicyclic) bond motifs is 1. The van der Waals surface area contributed by atoms with Crippen LogP contribution >= 0.6 is 0 Å². The first-order valence-electron chi connectivity index (χ1n) is 6.68. The van der Waals surface area contributed by atoms with E-state index in [-0.39, 0.29) is 5.65 Å². The van der Waals surface area contributed by atoms with Gasteiger partial charge in [-0.15, -0.1) is 15.3 Å². The largest absolute Gasteiger partial charge is 0.453 e. The molecule has 6 nitrogen and oxygen atoms in total. The molecule has 1 N–H and O–H groups in total. The molecule has 9 heteroatoms. The summed E-state index contributed by atoms with van der Waals surface area (Å²) in [6.45, 7) is 2.45. The molecule has 1 saturated heterocycles. The van der Waals surface area contributed by atoms with E-state index in [1.807, 2.05) is 11.9 Å². The van der Waals surface area contributed by atoms with Crippen LogP contribution in [-0.2, 0) is 6.18 Å². The van der Waals surface area contributed by atoms with E-state index >= 15 is 0 Å². The maximum Gasteiger partial charge on any atom is 0.453 e. The van der Waals surface area contributed by atoms with Gasteiger partial charge < -0.3 is 10.2 Å². The third kappa shape index (κ3) is 2.65. The predicted molar refractivity (Wildman–Crippen MR) is 70.0 cm³/mol. The number of alkyl halides is 3. The Labute approximate surface area is 119 Å². The monoisotopic (exact) mass is 300 g/mol. The SMILES string of the molecule is CNCC1CCN(c2ccc3nnc(C(F)(F)F)n3n2)C1. The number of nitrogens with zero attached hydrogens (tertiary/aromatic N) is 5. The quantitative estimate of drug-likeness (QED) is 0.922. The van der Waals surface area contributed by atoms with Crippen LogP contribution in [0.15, 0.2) is 12.1 Å². The van der Waals surface area contributed by atoms with Crippen LogP contribution in [0.2, 0.25) is 0 Å². The summed E-state index contributed by atoms with van der Waals surface area (Å²) in [5, 5.41) is 13.8. The molecule has 1 aliphatic heterocycles. The highest BCUT2D eigenvalue weighted by molar-refractivity contribution is 5.46. The molecule has 1 unspecified atom stereocenters. The molecule has 0 saturated carbocycles. The number of rotatable bonds is 3. The fourth-order valence-electron chi connectivity index (χ4n) is 2.62. The Kier molecular flexibility index (Phi) is 3.44. The van der Waals surface area contributed by atoms with Crippen molar-refractivity contribution in [3.63, 3.8) is 0 Å². The van der Waals surface area contributed by atoms with Crippen molar-refractivity contribution in [3.05, 3.63) is 18.0 Å². The van der Waals surface area contributed by atoms with Crippen LogP contribution in [0.3, 0.4) is 0 Å². The third-order valence-corrected chi connectivity index (χ3v) is 3.60. The Bertz CT molecular complexity index is 637. The molecule has 0 spiro atoms. The minimum atomic E-state index is -4.56. The molecule has 2 aromatic rings. The van der Waals surface area contributed by atoms with E-state index in [1.165, 1.54) is 6.07 Å². The number of nitrogens with one attached hydrogen (secondary N) is 1. The van der Waals surface area contributed by atoms with E-state index in [4.69, 9.17) is 0 Å². The summed E-state index contributed by atoms with van der Waals surface area (Å²) in [4.78, 5) is 1.99. The van der Waals surface area contributed by atoms with Crippen molar-refractivity contribution in [3.8, 4) is 0 Å². The van der Waals surface area contributed by atoms with Crippen molar-refractivity contribution in [2.75, 3.05) is 31.6 Å². The van der Waals surface area contributed by atoms with Gasteiger partial charge in [-0.3, -0.25) is 0 Å². The van der Waals surface area contributed by atoms with Gasteiger partial charge in [-0.05, 0) is 38.1 Å². The molecule has 1 atom stereocenters. The number of halogens is 3. The molecule has 3 rings (SSSR count). The lowest BCUT2D eigenvalue weighted by Crippen LogP contribution is -2.25. The van der Waals surface area contributed by atoms with E-state index in [0.29, 0.717) is 11.7 Å². The standard InChI is InChI=1S/C12H15F3N6/c1-16-6-8-4-5-20(7-8)10-3-2-9-17-18-11(12(13,14)15)21(9)19-10/h2-3,8,16H,4-7H2,1H3. The Hall–Kier alpha value is -1.90. The minimum absolute atomic E-state index is 0.0945. The van der Waals surface area contributed by atoms with Crippen LogP contribution in [0.4, 0.5) is 19.0 Å². The highest BCUT2D eigenvalue weighted by atomic mass is 19.4. The van der Waals surface area contributed by atoms with Crippen LogP contribution in [-0.4, -0.2) is 46.5 Å². The van der Waals surface area contributed by atoms with E-state index in [0.717, 1.165) is 30.6 Å². The molecule has 0 bridgehead atoms. The zero-order valence-electron chi connectivity index (χ0n) is 11.4. The molecule has 2 aromatic heterocycles. The maximum absolute atomic E-state index is 12.8. The van der Waals surface area contributed by atoms with E-state index in [2.05, 4.69) is 20.6 Å². The van der Waals surface area contributed by atoms with Gasteiger partial charge in [0.05, 0.1) is 0 Å². The summed E-state index contributed by atoms with van der Waals surface area (Å²) in [6.07, 6.45) is -3.57. The van der Waals surface area contributed by atoms with E-state index < -0.39 is 12.0 Å². The molecule has 1 aliphatic rings. The van der Waals surface area contributed by atoms with Crippen LogP contribution in [0.1, 0.15) is 12.2 Å². The normalized spacial score (nSPS) is 19.6. The molecular formula is C12H15F3N6. The van der Waals surface area contributed by atoms with Gasteiger partial charge in [-0.25, -0.2) is 0 Å². The van der Waals surface area contributed by atoms with Crippen molar-refractivity contribution in [1.82, 2.24) is 25.1 Å². The van der Waals surface area contributed by atoms with E-state index in [9.17, 15) is 13.2 Å². The van der Waals surface area contributed by atoms with Crippen LogP contribution in [0, 0.1) is 5.92 Å². The molecule has 0 aromatic carbocycles. The Morgan fingerprint density at radius 3 is 2.86 bits per heavy atom.